The average molecular weight is 357 g/mol. The second-order valence-electron chi connectivity index (χ2n) is 4.88. The van der Waals surface area contributed by atoms with E-state index in [1.54, 1.807) is 24.1 Å². The van der Waals surface area contributed by atoms with Crippen LogP contribution in [0.2, 0.25) is 0 Å². The van der Waals surface area contributed by atoms with Crippen molar-refractivity contribution >= 4 is 33.6 Å². The van der Waals surface area contributed by atoms with Gasteiger partial charge in [0.2, 0.25) is 0 Å². The number of ether oxygens (including phenoxy) is 1. The lowest BCUT2D eigenvalue weighted by atomic mass is 10.1. The van der Waals surface area contributed by atoms with Crippen molar-refractivity contribution in [1.29, 1.82) is 0 Å². The summed E-state index contributed by atoms with van der Waals surface area (Å²) in [6.07, 6.45) is 1.57. The number of aromatic carboxylic acids is 1. The maximum absolute atomic E-state index is 12.3. The zero-order valence-corrected chi connectivity index (χ0v) is 13.2. The number of nitrogens with one attached hydrogen (secondary N) is 1. The van der Waals surface area contributed by atoms with Crippen LogP contribution in [0.25, 0.3) is 0 Å². The summed E-state index contributed by atoms with van der Waals surface area (Å²) in [4.78, 5) is 25.1. The van der Waals surface area contributed by atoms with Gasteiger partial charge in [-0.2, -0.15) is 0 Å². The van der Waals surface area contributed by atoms with Crippen LogP contribution in [-0.2, 0) is 4.74 Å². The molecule has 1 aliphatic rings. The molecular weight excluding hydrogens is 340 g/mol. The van der Waals surface area contributed by atoms with E-state index in [0.717, 1.165) is 12.8 Å². The topological polar surface area (TPSA) is 78.9 Å². The van der Waals surface area contributed by atoms with E-state index in [1.807, 2.05) is 0 Å². The molecule has 0 radical (unpaired) electrons. The molecule has 0 atom stereocenters. The van der Waals surface area contributed by atoms with Crippen LogP contribution < -0.4 is 5.32 Å². The molecule has 1 heterocycles. The number of anilines is 1. The molecule has 1 aliphatic heterocycles. The number of hydrogen-bond donors (Lipinski definition) is 2. The standard InChI is InChI=1S/C14H17BrN2O4/c1-17(10-4-6-21-7-5-10)14(20)16-12-8-9(15)2-3-11(12)13(18)19/h2-3,8,10H,4-7H2,1H3,(H,16,20)(H,18,19). The van der Waals surface area contributed by atoms with Crippen molar-refractivity contribution in [2.24, 2.45) is 0 Å². The summed E-state index contributed by atoms with van der Waals surface area (Å²) < 4.78 is 5.98. The Balaban J connectivity index is 2.11. The highest BCUT2D eigenvalue weighted by molar-refractivity contribution is 9.10. The zero-order chi connectivity index (χ0) is 15.4. The Morgan fingerprint density at radius 2 is 2.05 bits per heavy atom. The molecule has 0 aromatic heterocycles. The van der Waals surface area contributed by atoms with Gasteiger partial charge in [0.05, 0.1) is 11.3 Å². The van der Waals surface area contributed by atoms with Crippen molar-refractivity contribution in [3.63, 3.8) is 0 Å². The summed E-state index contributed by atoms with van der Waals surface area (Å²) in [6, 6.07) is 4.46. The minimum absolute atomic E-state index is 0.0620. The minimum atomic E-state index is -1.08. The van der Waals surface area contributed by atoms with Gasteiger partial charge < -0.3 is 20.1 Å². The molecule has 1 aromatic rings. The highest BCUT2D eigenvalue weighted by atomic mass is 79.9. The molecule has 2 amide bonds. The first kappa shape index (κ1) is 15.8. The number of amides is 2. The maximum atomic E-state index is 12.3. The van der Waals surface area contributed by atoms with Crippen LogP contribution >= 0.6 is 15.9 Å². The number of nitrogens with zero attached hydrogens (tertiary/aromatic N) is 1. The predicted molar refractivity (Wildman–Crippen MR) is 81.7 cm³/mol. The fraction of sp³-hybridized carbons (Fsp3) is 0.429. The number of carbonyl (C=O) groups excluding carboxylic acids is 1. The van der Waals surface area contributed by atoms with Crippen molar-refractivity contribution in [1.82, 2.24) is 4.90 Å². The third-order valence-corrected chi connectivity index (χ3v) is 4.01. The number of carboxylic acid groups (broad SMARTS) is 1. The second kappa shape index (κ2) is 6.91. The molecule has 6 nitrogen and oxygen atoms in total. The van der Waals surface area contributed by atoms with Crippen LogP contribution in [0.1, 0.15) is 23.2 Å². The number of rotatable bonds is 3. The molecule has 1 saturated heterocycles. The molecule has 2 N–H and O–H groups in total. The molecule has 7 heteroatoms. The molecule has 2 rings (SSSR count). The van der Waals surface area contributed by atoms with Gasteiger partial charge in [-0.05, 0) is 31.0 Å². The largest absolute Gasteiger partial charge is 0.478 e. The SMILES string of the molecule is CN(C(=O)Nc1cc(Br)ccc1C(=O)O)C1CCOCC1. The third kappa shape index (κ3) is 3.95. The summed E-state index contributed by atoms with van der Waals surface area (Å²) in [6.45, 7) is 1.28. The predicted octanol–water partition coefficient (Wildman–Crippen LogP) is 2.79. The fourth-order valence-corrected chi connectivity index (χ4v) is 2.61. The van der Waals surface area contributed by atoms with E-state index in [1.165, 1.54) is 6.07 Å². The van der Waals surface area contributed by atoms with Crippen LogP contribution in [0.5, 0.6) is 0 Å². The highest BCUT2D eigenvalue weighted by Gasteiger charge is 2.23. The molecule has 114 valence electrons. The van der Waals surface area contributed by atoms with Gasteiger partial charge in [-0.3, -0.25) is 0 Å². The van der Waals surface area contributed by atoms with Crippen molar-refractivity contribution < 1.29 is 19.4 Å². The first-order valence-electron chi connectivity index (χ1n) is 6.63. The lowest BCUT2D eigenvalue weighted by Crippen LogP contribution is -2.43. The number of halogens is 1. The van der Waals surface area contributed by atoms with Gasteiger partial charge in [0.1, 0.15) is 0 Å². The number of benzene rings is 1. The number of carboxylic acids is 1. The molecule has 0 aliphatic carbocycles. The third-order valence-electron chi connectivity index (χ3n) is 3.51. The number of urea groups is 1. The number of carbonyl (C=O) groups is 2. The molecule has 0 saturated carbocycles. The highest BCUT2D eigenvalue weighted by Crippen LogP contribution is 2.22. The summed E-state index contributed by atoms with van der Waals surface area (Å²) in [7, 11) is 1.71. The lowest BCUT2D eigenvalue weighted by Gasteiger charge is -2.31. The molecular formula is C14H17BrN2O4. The smallest absolute Gasteiger partial charge is 0.337 e. The first-order chi connectivity index (χ1) is 9.99. The second-order valence-corrected chi connectivity index (χ2v) is 5.80. The molecule has 1 fully saturated rings. The first-order valence-corrected chi connectivity index (χ1v) is 7.42. The summed E-state index contributed by atoms with van der Waals surface area (Å²) in [5, 5.41) is 11.8. The molecule has 21 heavy (non-hydrogen) atoms. The van der Waals surface area contributed by atoms with Gasteiger partial charge in [-0.25, -0.2) is 9.59 Å². The Bertz CT molecular complexity index is 544. The Kier molecular flexibility index (Phi) is 5.19. The molecule has 0 bridgehead atoms. The summed E-state index contributed by atoms with van der Waals surface area (Å²) >= 11 is 3.27. The van der Waals surface area contributed by atoms with Crippen LogP contribution in [0, 0.1) is 0 Å². The van der Waals surface area contributed by atoms with Crippen LogP contribution in [0.3, 0.4) is 0 Å². The lowest BCUT2D eigenvalue weighted by molar-refractivity contribution is 0.0544. The van der Waals surface area contributed by atoms with Crippen molar-refractivity contribution in [3.8, 4) is 0 Å². The van der Waals surface area contributed by atoms with Gasteiger partial charge in [0.25, 0.3) is 0 Å². The Morgan fingerprint density at radius 1 is 1.38 bits per heavy atom. The van der Waals surface area contributed by atoms with Gasteiger partial charge in [0, 0.05) is 30.8 Å². The Morgan fingerprint density at radius 3 is 2.67 bits per heavy atom. The van der Waals surface area contributed by atoms with E-state index >= 15 is 0 Å². The monoisotopic (exact) mass is 356 g/mol. The van der Waals surface area contributed by atoms with E-state index in [4.69, 9.17) is 9.84 Å². The molecule has 1 aromatic carbocycles. The van der Waals surface area contributed by atoms with E-state index in [2.05, 4.69) is 21.2 Å². The maximum Gasteiger partial charge on any atom is 0.337 e. The fourth-order valence-electron chi connectivity index (χ4n) is 2.25. The Labute approximate surface area is 131 Å². The van der Waals surface area contributed by atoms with Crippen molar-refractivity contribution in [3.05, 3.63) is 28.2 Å². The van der Waals surface area contributed by atoms with Crippen LogP contribution in [0.15, 0.2) is 22.7 Å². The van der Waals surface area contributed by atoms with E-state index < -0.39 is 5.97 Å². The Hall–Kier alpha value is -1.60. The van der Waals surface area contributed by atoms with E-state index in [9.17, 15) is 9.59 Å². The zero-order valence-electron chi connectivity index (χ0n) is 11.6. The van der Waals surface area contributed by atoms with Crippen LogP contribution in [-0.4, -0.2) is 48.3 Å². The van der Waals surface area contributed by atoms with Gasteiger partial charge in [0.15, 0.2) is 0 Å². The van der Waals surface area contributed by atoms with Crippen molar-refractivity contribution in [2.45, 2.75) is 18.9 Å². The quantitative estimate of drug-likeness (QED) is 0.872. The van der Waals surface area contributed by atoms with Crippen LogP contribution in [0.4, 0.5) is 10.5 Å². The number of hydrogen-bond acceptors (Lipinski definition) is 3. The minimum Gasteiger partial charge on any atom is -0.478 e. The summed E-state index contributed by atoms with van der Waals surface area (Å²) in [5.74, 6) is -1.08. The van der Waals surface area contributed by atoms with Gasteiger partial charge >= 0.3 is 12.0 Å². The van der Waals surface area contributed by atoms with E-state index in [-0.39, 0.29) is 23.3 Å². The summed E-state index contributed by atoms with van der Waals surface area (Å²) in [5.41, 5.74) is 0.340. The molecule has 0 spiro atoms. The average Bonchev–Trinajstić information content (AvgIpc) is 2.47. The van der Waals surface area contributed by atoms with E-state index in [0.29, 0.717) is 17.7 Å². The van der Waals surface area contributed by atoms with Crippen molar-refractivity contribution in [2.75, 3.05) is 25.6 Å². The molecule has 0 unspecified atom stereocenters. The van der Waals surface area contributed by atoms with Gasteiger partial charge in [-0.1, -0.05) is 15.9 Å². The van der Waals surface area contributed by atoms with Gasteiger partial charge in [-0.15, -0.1) is 0 Å². The normalized spacial score (nSPS) is 15.5.